The lowest BCUT2D eigenvalue weighted by Gasteiger charge is -2.14. The predicted molar refractivity (Wildman–Crippen MR) is 88.6 cm³/mol. The zero-order chi connectivity index (χ0) is 15.1. The van der Waals surface area contributed by atoms with Crippen LogP contribution in [0.25, 0.3) is 0 Å². The zero-order valence-electron chi connectivity index (χ0n) is 12.3. The van der Waals surface area contributed by atoms with E-state index >= 15 is 0 Å². The van der Waals surface area contributed by atoms with Crippen LogP contribution in [0.5, 0.6) is 5.75 Å². The van der Waals surface area contributed by atoms with E-state index in [1.54, 1.807) is 6.20 Å². The summed E-state index contributed by atoms with van der Waals surface area (Å²) in [6.45, 7) is 6.12. The lowest BCUT2D eigenvalue weighted by Crippen LogP contribution is -2.29. The van der Waals surface area contributed by atoms with E-state index in [0.29, 0.717) is 18.3 Å². The molecule has 0 radical (unpaired) electrons. The molecular weight excluding hydrogens is 284 g/mol. The van der Waals surface area contributed by atoms with Crippen LogP contribution in [0.4, 0.5) is 5.69 Å². The topological polar surface area (TPSA) is 51.1 Å². The molecule has 2 rings (SSSR count). The highest BCUT2D eigenvalue weighted by Gasteiger charge is 2.05. The number of aromatic nitrogens is 2. The molecule has 6 heteroatoms. The summed E-state index contributed by atoms with van der Waals surface area (Å²) in [5, 5.41) is 11.1. The molecule has 0 unspecified atom stereocenters. The SMILES string of the molecule is CCOc1ccccc1NC(=S)NCc1ccnn1CC. The first-order valence-corrected chi connectivity index (χ1v) is 7.42. The number of nitrogens with zero attached hydrogens (tertiary/aromatic N) is 2. The molecule has 1 aromatic carbocycles. The van der Waals surface area contributed by atoms with Gasteiger partial charge in [-0.15, -0.1) is 0 Å². The fourth-order valence-corrected chi connectivity index (χ4v) is 2.17. The van der Waals surface area contributed by atoms with Crippen LogP contribution in [0.2, 0.25) is 0 Å². The molecule has 0 fully saturated rings. The molecule has 0 saturated carbocycles. The molecule has 0 aliphatic carbocycles. The molecule has 0 aliphatic heterocycles. The average molecular weight is 304 g/mol. The van der Waals surface area contributed by atoms with Gasteiger partial charge in [0.05, 0.1) is 24.5 Å². The van der Waals surface area contributed by atoms with Gasteiger partial charge in [0.2, 0.25) is 0 Å². The first-order valence-electron chi connectivity index (χ1n) is 7.02. The van der Waals surface area contributed by atoms with Crippen molar-refractivity contribution in [2.45, 2.75) is 26.9 Å². The average Bonchev–Trinajstić information content (AvgIpc) is 2.95. The Kier molecular flexibility index (Phi) is 5.57. The number of hydrogen-bond donors (Lipinski definition) is 2. The highest BCUT2D eigenvalue weighted by molar-refractivity contribution is 7.80. The van der Waals surface area contributed by atoms with Crippen LogP contribution in [0.3, 0.4) is 0 Å². The second-order valence-corrected chi connectivity index (χ2v) is 4.78. The van der Waals surface area contributed by atoms with Crippen molar-refractivity contribution >= 4 is 23.0 Å². The molecule has 2 N–H and O–H groups in total. The molecule has 0 saturated heterocycles. The second-order valence-electron chi connectivity index (χ2n) is 4.38. The Hall–Kier alpha value is -2.08. The fourth-order valence-electron chi connectivity index (χ4n) is 1.98. The fraction of sp³-hybridized carbons (Fsp3) is 0.333. The molecule has 21 heavy (non-hydrogen) atoms. The minimum Gasteiger partial charge on any atom is -0.492 e. The molecule has 1 aromatic heterocycles. The number of thiocarbonyl (C=S) groups is 1. The summed E-state index contributed by atoms with van der Waals surface area (Å²) >= 11 is 5.32. The van der Waals surface area contributed by atoms with Crippen molar-refractivity contribution in [1.29, 1.82) is 0 Å². The second kappa shape index (κ2) is 7.64. The van der Waals surface area contributed by atoms with Gasteiger partial charge in [-0.2, -0.15) is 5.10 Å². The van der Waals surface area contributed by atoms with E-state index in [9.17, 15) is 0 Å². The van der Waals surface area contributed by atoms with Crippen molar-refractivity contribution in [1.82, 2.24) is 15.1 Å². The smallest absolute Gasteiger partial charge is 0.171 e. The molecule has 1 heterocycles. The van der Waals surface area contributed by atoms with E-state index in [1.807, 2.05) is 41.9 Å². The minimum absolute atomic E-state index is 0.561. The van der Waals surface area contributed by atoms with Crippen LogP contribution in [-0.4, -0.2) is 21.5 Å². The maximum atomic E-state index is 5.56. The van der Waals surface area contributed by atoms with Crippen molar-refractivity contribution < 1.29 is 4.74 Å². The van der Waals surface area contributed by atoms with Crippen LogP contribution in [0, 0.1) is 0 Å². The lowest BCUT2D eigenvalue weighted by atomic mass is 10.3. The van der Waals surface area contributed by atoms with E-state index in [4.69, 9.17) is 17.0 Å². The summed E-state index contributed by atoms with van der Waals surface area (Å²) in [4.78, 5) is 0. The molecule has 0 spiro atoms. The van der Waals surface area contributed by atoms with Crippen molar-refractivity contribution in [2.24, 2.45) is 0 Å². The third kappa shape index (κ3) is 4.19. The van der Waals surface area contributed by atoms with E-state index in [1.165, 1.54) is 0 Å². The number of nitrogens with one attached hydrogen (secondary N) is 2. The van der Waals surface area contributed by atoms with Gasteiger partial charge < -0.3 is 15.4 Å². The number of ether oxygens (including phenoxy) is 1. The van der Waals surface area contributed by atoms with E-state index < -0.39 is 0 Å². The number of aryl methyl sites for hydroxylation is 1. The van der Waals surface area contributed by atoms with Crippen molar-refractivity contribution in [3.63, 3.8) is 0 Å². The summed E-state index contributed by atoms with van der Waals surface area (Å²) in [5.74, 6) is 0.794. The standard InChI is InChI=1S/C15H20N4OS/c1-3-19-12(9-10-17-19)11-16-15(21)18-13-7-5-6-8-14(13)20-4-2/h5-10H,3-4,11H2,1-2H3,(H2,16,18,21). The first kappa shape index (κ1) is 15.3. The molecule has 2 aromatic rings. The van der Waals surface area contributed by atoms with Gasteiger partial charge in [-0.05, 0) is 44.3 Å². The maximum Gasteiger partial charge on any atom is 0.171 e. The monoisotopic (exact) mass is 304 g/mol. The van der Waals surface area contributed by atoms with Crippen LogP contribution in [0.15, 0.2) is 36.5 Å². The summed E-state index contributed by atoms with van der Waals surface area (Å²) in [7, 11) is 0. The van der Waals surface area contributed by atoms with Gasteiger partial charge in [0.25, 0.3) is 0 Å². The van der Waals surface area contributed by atoms with Crippen LogP contribution in [0.1, 0.15) is 19.5 Å². The number of anilines is 1. The third-order valence-corrected chi connectivity index (χ3v) is 3.22. The van der Waals surface area contributed by atoms with Crippen molar-refractivity contribution in [3.8, 4) is 5.75 Å². The summed E-state index contributed by atoms with van der Waals surface area (Å²) < 4.78 is 7.50. The molecule has 5 nitrogen and oxygen atoms in total. The molecule has 0 aliphatic rings. The largest absolute Gasteiger partial charge is 0.492 e. The Bertz CT molecular complexity index is 597. The summed E-state index contributed by atoms with van der Waals surface area (Å²) in [6, 6.07) is 9.72. The molecule has 112 valence electrons. The molecular formula is C15H20N4OS. The predicted octanol–water partition coefficient (Wildman–Crippen LogP) is 2.79. The Morgan fingerprint density at radius 2 is 2.10 bits per heavy atom. The Morgan fingerprint density at radius 1 is 1.29 bits per heavy atom. The quantitative estimate of drug-likeness (QED) is 0.804. The summed E-state index contributed by atoms with van der Waals surface area (Å²) in [6.07, 6.45) is 1.79. The van der Waals surface area contributed by atoms with Gasteiger partial charge in [0, 0.05) is 12.7 Å². The Balaban J connectivity index is 1.93. The Labute approximate surface area is 130 Å². The van der Waals surface area contributed by atoms with Crippen LogP contribution in [-0.2, 0) is 13.1 Å². The molecule has 0 bridgehead atoms. The van der Waals surface area contributed by atoms with Gasteiger partial charge in [0.1, 0.15) is 5.75 Å². The van der Waals surface area contributed by atoms with E-state index in [2.05, 4.69) is 22.7 Å². The van der Waals surface area contributed by atoms with Gasteiger partial charge in [-0.1, -0.05) is 12.1 Å². The highest BCUT2D eigenvalue weighted by Crippen LogP contribution is 2.23. The van der Waals surface area contributed by atoms with Crippen molar-refractivity contribution in [3.05, 3.63) is 42.2 Å². The third-order valence-electron chi connectivity index (χ3n) is 2.97. The highest BCUT2D eigenvalue weighted by atomic mass is 32.1. The lowest BCUT2D eigenvalue weighted by molar-refractivity contribution is 0.342. The van der Waals surface area contributed by atoms with Crippen molar-refractivity contribution in [2.75, 3.05) is 11.9 Å². The molecule has 0 amide bonds. The Morgan fingerprint density at radius 3 is 2.86 bits per heavy atom. The maximum absolute atomic E-state index is 5.56. The number of rotatable bonds is 6. The van der Waals surface area contributed by atoms with Gasteiger partial charge in [-0.25, -0.2) is 0 Å². The summed E-state index contributed by atoms with van der Waals surface area (Å²) in [5.41, 5.74) is 1.96. The first-order chi connectivity index (χ1) is 10.2. The van der Waals surface area contributed by atoms with Gasteiger partial charge in [-0.3, -0.25) is 4.68 Å². The zero-order valence-corrected chi connectivity index (χ0v) is 13.1. The number of para-hydroxylation sites is 2. The number of benzene rings is 1. The van der Waals surface area contributed by atoms with Crippen LogP contribution >= 0.6 is 12.2 Å². The van der Waals surface area contributed by atoms with E-state index in [-0.39, 0.29) is 0 Å². The normalized spacial score (nSPS) is 10.2. The van der Waals surface area contributed by atoms with Crippen LogP contribution < -0.4 is 15.4 Å². The minimum atomic E-state index is 0.561. The molecule has 0 atom stereocenters. The van der Waals surface area contributed by atoms with Gasteiger partial charge in [0.15, 0.2) is 5.11 Å². The van der Waals surface area contributed by atoms with E-state index in [0.717, 1.165) is 23.7 Å². The number of hydrogen-bond acceptors (Lipinski definition) is 3. The van der Waals surface area contributed by atoms with Gasteiger partial charge >= 0.3 is 0 Å².